The molecule has 0 unspecified atom stereocenters. The summed E-state index contributed by atoms with van der Waals surface area (Å²) in [6.07, 6.45) is -2.85. The maximum atomic E-state index is 12.8. The Labute approximate surface area is 108 Å². The molecule has 0 aliphatic carbocycles. The minimum absolute atomic E-state index is 0.174. The Hall–Kier alpha value is -2.29. The number of rotatable bonds is 5. The highest BCUT2D eigenvalue weighted by molar-refractivity contribution is 5.81. The third kappa shape index (κ3) is 3.58. The minimum atomic E-state index is -2.92. The summed E-state index contributed by atoms with van der Waals surface area (Å²) in [4.78, 5) is 22.1. The normalized spacial score (nSPS) is 10.1. The summed E-state index contributed by atoms with van der Waals surface area (Å²) in [5.41, 5.74) is -0.904. The number of benzene rings is 1. The number of hydrogen-bond acceptors (Lipinski definition) is 4. The summed E-state index contributed by atoms with van der Waals surface area (Å²) in [5.74, 6) is -0.548. The largest absolute Gasteiger partial charge is 0.466 e. The molecule has 1 aromatic carbocycles. The molecule has 0 spiro atoms. The second-order valence-electron chi connectivity index (χ2n) is 3.66. The Morgan fingerprint density at radius 2 is 2.21 bits per heavy atom. The van der Waals surface area contributed by atoms with Crippen LogP contribution in [0.1, 0.15) is 40.4 Å². The van der Waals surface area contributed by atoms with Crippen molar-refractivity contribution < 1.29 is 23.1 Å². The molecule has 4 nitrogen and oxygen atoms in total. The smallest absolute Gasteiger partial charge is 0.310 e. The molecule has 0 saturated carbocycles. The van der Waals surface area contributed by atoms with Crippen LogP contribution in [0.2, 0.25) is 0 Å². The van der Waals surface area contributed by atoms with Crippen LogP contribution in [0.3, 0.4) is 0 Å². The summed E-state index contributed by atoms with van der Waals surface area (Å²) in [5, 5.41) is 8.83. The Bertz CT molecular complexity index is 535. The predicted molar refractivity (Wildman–Crippen MR) is 61.8 cm³/mol. The van der Waals surface area contributed by atoms with E-state index in [0.29, 0.717) is 5.56 Å². The van der Waals surface area contributed by atoms with Crippen molar-refractivity contribution in [3.8, 4) is 6.07 Å². The molecule has 0 fully saturated rings. The molecule has 100 valence electrons. The fourth-order valence-corrected chi connectivity index (χ4v) is 1.65. The van der Waals surface area contributed by atoms with Crippen molar-refractivity contribution in [1.82, 2.24) is 0 Å². The van der Waals surface area contributed by atoms with Crippen LogP contribution in [0.25, 0.3) is 0 Å². The summed E-state index contributed by atoms with van der Waals surface area (Å²) in [6.45, 7) is 1.83. The number of aldehydes is 1. The van der Waals surface area contributed by atoms with Crippen LogP contribution in [0.5, 0.6) is 0 Å². The van der Waals surface area contributed by atoms with Crippen molar-refractivity contribution >= 4 is 12.3 Å². The lowest BCUT2D eigenvalue weighted by atomic mass is 9.97. The summed E-state index contributed by atoms with van der Waals surface area (Å²) >= 11 is 0. The zero-order valence-corrected chi connectivity index (χ0v) is 10.2. The second-order valence-corrected chi connectivity index (χ2v) is 3.66. The Balaban J connectivity index is 3.21. The van der Waals surface area contributed by atoms with Crippen molar-refractivity contribution in [3.63, 3.8) is 0 Å². The lowest BCUT2D eigenvalue weighted by Gasteiger charge is -2.09. The number of halogens is 2. The summed E-state index contributed by atoms with van der Waals surface area (Å²) in [6, 6.07) is 3.95. The highest BCUT2D eigenvalue weighted by Gasteiger charge is 2.19. The van der Waals surface area contributed by atoms with Gasteiger partial charge in [-0.25, -0.2) is 8.78 Å². The van der Waals surface area contributed by atoms with E-state index < -0.39 is 18.0 Å². The van der Waals surface area contributed by atoms with E-state index in [0.717, 1.165) is 0 Å². The third-order valence-electron chi connectivity index (χ3n) is 2.39. The van der Waals surface area contributed by atoms with Gasteiger partial charge in [0.2, 0.25) is 0 Å². The average Bonchev–Trinajstić information content (AvgIpc) is 2.37. The van der Waals surface area contributed by atoms with Gasteiger partial charge in [0.25, 0.3) is 6.43 Å². The minimum Gasteiger partial charge on any atom is -0.466 e. The van der Waals surface area contributed by atoms with Gasteiger partial charge in [0.15, 0.2) is 6.29 Å². The van der Waals surface area contributed by atoms with Gasteiger partial charge in [-0.2, -0.15) is 5.26 Å². The van der Waals surface area contributed by atoms with Gasteiger partial charge >= 0.3 is 5.97 Å². The van der Waals surface area contributed by atoms with Gasteiger partial charge in [0.1, 0.15) is 0 Å². The number of carbonyl (C=O) groups excluding carboxylic acids is 2. The average molecular weight is 267 g/mol. The highest BCUT2D eigenvalue weighted by Crippen LogP contribution is 2.27. The van der Waals surface area contributed by atoms with Gasteiger partial charge < -0.3 is 4.74 Å². The molecule has 6 heteroatoms. The molecule has 0 aromatic heterocycles. The maximum absolute atomic E-state index is 12.8. The molecule has 0 saturated heterocycles. The lowest BCUT2D eigenvalue weighted by molar-refractivity contribution is -0.142. The zero-order chi connectivity index (χ0) is 14.4. The van der Waals surface area contributed by atoms with Gasteiger partial charge in [-0.05, 0) is 24.6 Å². The molecule has 0 N–H and O–H groups in total. The number of alkyl halides is 2. The molecule has 0 aliphatic rings. The van der Waals surface area contributed by atoms with Gasteiger partial charge in [-0.1, -0.05) is 0 Å². The molecule has 0 heterocycles. The molecule has 0 bridgehead atoms. The molecule has 0 atom stereocenters. The Kier molecular flexibility index (Phi) is 5.12. The van der Waals surface area contributed by atoms with E-state index >= 15 is 0 Å². The van der Waals surface area contributed by atoms with E-state index in [1.807, 2.05) is 0 Å². The number of carbonyl (C=O) groups is 2. The van der Waals surface area contributed by atoms with Crippen molar-refractivity contribution in [1.29, 1.82) is 5.26 Å². The third-order valence-corrected chi connectivity index (χ3v) is 2.39. The van der Waals surface area contributed by atoms with E-state index in [9.17, 15) is 18.4 Å². The maximum Gasteiger partial charge on any atom is 0.310 e. The fourth-order valence-electron chi connectivity index (χ4n) is 1.65. The topological polar surface area (TPSA) is 67.2 Å². The molecule has 19 heavy (non-hydrogen) atoms. The second kappa shape index (κ2) is 6.59. The van der Waals surface area contributed by atoms with Crippen LogP contribution in [-0.4, -0.2) is 18.9 Å². The lowest BCUT2D eigenvalue weighted by Crippen LogP contribution is -2.09. The quantitative estimate of drug-likeness (QED) is 0.607. The molecule has 1 rings (SSSR count). The zero-order valence-electron chi connectivity index (χ0n) is 10.2. The van der Waals surface area contributed by atoms with E-state index in [1.165, 1.54) is 12.1 Å². The number of hydrogen-bond donors (Lipinski definition) is 0. The first-order valence-electron chi connectivity index (χ1n) is 5.49. The summed E-state index contributed by atoms with van der Waals surface area (Å²) < 4.78 is 30.3. The standard InChI is InChI=1S/C13H11F2NO3/c1-2-19-11(18)5-8-3-9(6-16)12(13(14)15)10(4-8)7-17/h3-4,7,13H,2,5H2,1H3. The van der Waals surface area contributed by atoms with Crippen molar-refractivity contribution in [2.75, 3.05) is 6.61 Å². The number of nitrogens with zero attached hydrogens (tertiary/aromatic N) is 1. The molecular formula is C13H11F2NO3. The first-order valence-corrected chi connectivity index (χ1v) is 5.49. The van der Waals surface area contributed by atoms with E-state index in [-0.39, 0.29) is 30.4 Å². The number of nitriles is 1. The summed E-state index contributed by atoms with van der Waals surface area (Å²) in [7, 11) is 0. The first-order chi connectivity index (χ1) is 9.03. The molecular weight excluding hydrogens is 256 g/mol. The van der Waals surface area contributed by atoms with Gasteiger partial charge in [-0.15, -0.1) is 0 Å². The van der Waals surface area contributed by atoms with Crippen LogP contribution in [0.4, 0.5) is 8.78 Å². The van der Waals surface area contributed by atoms with Crippen LogP contribution < -0.4 is 0 Å². The van der Waals surface area contributed by atoms with E-state index in [4.69, 9.17) is 10.00 Å². The van der Waals surface area contributed by atoms with Crippen LogP contribution in [0.15, 0.2) is 12.1 Å². The SMILES string of the molecule is CCOC(=O)Cc1cc(C#N)c(C(F)F)c(C=O)c1. The van der Waals surface area contributed by atoms with Crippen molar-refractivity contribution in [2.45, 2.75) is 19.8 Å². The van der Waals surface area contributed by atoms with Gasteiger partial charge in [0, 0.05) is 11.1 Å². The predicted octanol–water partition coefficient (Wildman–Crippen LogP) is 2.41. The van der Waals surface area contributed by atoms with Crippen LogP contribution in [0, 0.1) is 11.3 Å². The van der Waals surface area contributed by atoms with Gasteiger partial charge in [0.05, 0.1) is 24.7 Å². The van der Waals surface area contributed by atoms with Crippen LogP contribution >= 0.6 is 0 Å². The van der Waals surface area contributed by atoms with Gasteiger partial charge in [-0.3, -0.25) is 9.59 Å². The first kappa shape index (κ1) is 14.8. The monoisotopic (exact) mass is 267 g/mol. The molecule has 1 aromatic rings. The number of ether oxygens (including phenoxy) is 1. The Morgan fingerprint density at radius 3 is 2.68 bits per heavy atom. The van der Waals surface area contributed by atoms with Crippen LogP contribution in [-0.2, 0) is 16.0 Å². The number of esters is 1. The molecule has 0 aliphatic heterocycles. The molecule has 0 radical (unpaired) electrons. The molecule has 0 amide bonds. The van der Waals surface area contributed by atoms with Crippen molar-refractivity contribution in [3.05, 3.63) is 34.4 Å². The fraction of sp³-hybridized carbons (Fsp3) is 0.308. The van der Waals surface area contributed by atoms with E-state index in [2.05, 4.69) is 0 Å². The van der Waals surface area contributed by atoms with E-state index in [1.54, 1.807) is 13.0 Å². The van der Waals surface area contributed by atoms with Crippen molar-refractivity contribution in [2.24, 2.45) is 0 Å². The Morgan fingerprint density at radius 1 is 1.53 bits per heavy atom. The highest BCUT2D eigenvalue weighted by atomic mass is 19.3.